The van der Waals surface area contributed by atoms with Gasteiger partial charge in [0.2, 0.25) is 0 Å². The zero-order chi connectivity index (χ0) is 14.7. The molecule has 0 bridgehead atoms. The smallest absolute Gasteiger partial charge is 0.258 e. The third-order valence-corrected chi connectivity index (χ3v) is 3.15. The van der Waals surface area contributed by atoms with E-state index < -0.39 is 0 Å². The third-order valence-electron chi connectivity index (χ3n) is 3.15. The minimum Gasteiger partial charge on any atom is -0.496 e. The van der Waals surface area contributed by atoms with Gasteiger partial charge in [0.05, 0.1) is 24.7 Å². The zero-order valence-electron chi connectivity index (χ0n) is 11.8. The fraction of sp³-hybridized carbons (Fsp3) is 0.200. The molecular formula is C15H17N3O2. The molecule has 20 heavy (non-hydrogen) atoms. The highest BCUT2D eigenvalue weighted by atomic mass is 16.5. The van der Waals surface area contributed by atoms with E-state index in [1.54, 1.807) is 38.6 Å². The Morgan fingerprint density at radius 3 is 2.75 bits per heavy atom. The van der Waals surface area contributed by atoms with Crippen LogP contribution in [0.4, 0.5) is 11.4 Å². The lowest BCUT2D eigenvalue weighted by molar-refractivity contribution is 0.0992. The SMILES string of the molecule is COc1cc(C(=O)N(C)c2ccncc2N)ccc1C. The van der Waals surface area contributed by atoms with E-state index in [0.29, 0.717) is 22.7 Å². The van der Waals surface area contributed by atoms with Crippen LogP contribution < -0.4 is 15.4 Å². The number of anilines is 2. The van der Waals surface area contributed by atoms with Crippen LogP contribution in [0.2, 0.25) is 0 Å². The van der Waals surface area contributed by atoms with E-state index in [9.17, 15) is 4.79 Å². The van der Waals surface area contributed by atoms with Crippen molar-refractivity contribution < 1.29 is 9.53 Å². The first-order valence-electron chi connectivity index (χ1n) is 6.16. The van der Waals surface area contributed by atoms with Gasteiger partial charge in [-0.05, 0) is 30.7 Å². The second-order valence-electron chi connectivity index (χ2n) is 4.48. The van der Waals surface area contributed by atoms with Crippen LogP contribution in [0, 0.1) is 6.92 Å². The van der Waals surface area contributed by atoms with Gasteiger partial charge in [-0.25, -0.2) is 0 Å². The van der Waals surface area contributed by atoms with Gasteiger partial charge in [0.25, 0.3) is 5.91 Å². The van der Waals surface area contributed by atoms with Crippen molar-refractivity contribution in [2.75, 3.05) is 24.8 Å². The highest BCUT2D eigenvalue weighted by Gasteiger charge is 2.16. The van der Waals surface area contributed by atoms with Gasteiger partial charge in [-0.1, -0.05) is 6.07 Å². The number of rotatable bonds is 3. The van der Waals surface area contributed by atoms with Gasteiger partial charge >= 0.3 is 0 Å². The highest BCUT2D eigenvalue weighted by Crippen LogP contribution is 2.24. The number of nitrogens with two attached hydrogens (primary N) is 1. The summed E-state index contributed by atoms with van der Waals surface area (Å²) in [5.41, 5.74) is 8.46. The van der Waals surface area contributed by atoms with Crippen molar-refractivity contribution in [2.24, 2.45) is 0 Å². The van der Waals surface area contributed by atoms with Crippen molar-refractivity contribution in [3.63, 3.8) is 0 Å². The summed E-state index contributed by atoms with van der Waals surface area (Å²) in [5.74, 6) is 0.535. The molecule has 0 fully saturated rings. The number of hydrogen-bond donors (Lipinski definition) is 1. The van der Waals surface area contributed by atoms with Gasteiger partial charge in [-0.15, -0.1) is 0 Å². The van der Waals surface area contributed by atoms with Crippen molar-refractivity contribution in [2.45, 2.75) is 6.92 Å². The molecule has 1 aromatic carbocycles. The van der Waals surface area contributed by atoms with Crippen LogP contribution in [0.15, 0.2) is 36.7 Å². The topological polar surface area (TPSA) is 68.5 Å². The van der Waals surface area contributed by atoms with Crippen LogP contribution in [0.3, 0.4) is 0 Å². The molecule has 5 nitrogen and oxygen atoms in total. The van der Waals surface area contributed by atoms with Gasteiger partial charge in [0.15, 0.2) is 0 Å². The number of carbonyl (C=O) groups excluding carboxylic acids is 1. The van der Waals surface area contributed by atoms with Crippen LogP contribution >= 0.6 is 0 Å². The second-order valence-corrected chi connectivity index (χ2v) is 4.48. The fourth-order valence-corrected chi connectivity index (χ4v) is 1.96. The van der Waals surface area contributed by atoms with E-state index in [1.165, 1.54) is 11.1 Å². The molecule has 0 unspecified atom stereocenters. The number of ether oxygens (including phenoxy) is 1. The molecule has 2 aromatic rings. The molecule has 104 valence electrons. The van der Waals surface area contributed by atoms with Crippen molar-refractivity contribution >= 4 is 17.3 Å². The van der Waals surface area contributed by atoms with Crippen LogP contribution in [0.5, 0.6) is 5.75 Å². The molecule has 5 heteroatoms. The number of benzene rings is 1. The van der Waals surface area contributed by atoms with Crippen LogP contribution in [0.1, 0.15) is 15.9 Å². The molecule has 1 heterocycles. The number of aryl methyl sites for hydroxylation is 1. The van der Waals surface area contributed by atoms with E-state index in [2.05, 4.69) is 4.98 Å². The Hall–Kier alpha value is -2.56. The number of pyridine rings is 1. The molecule has 1 amide bonds. The average Bonchev–Trinajstić information content (AvgIpc) is 2.47. The summed E-state index contributed by atoms with van der Waals surface area (Å²) in [4.78, 5) is 17.9. The first kappa shape index (κ1) is 13.9. The van der Waals surface area contributed by atoms with E-state index in [-0.39, 0.29) is 5.91 Å². The predicted octanol–water partition coefficient (Wildman–Crippen LogP) is 2.26. The first-order chi connectivity index (χ1) is 9.54. The highest BCUT2D eigenvalue weighted by molar-refractivity contribution is 6.07. The van der Waals surface area contributed by atoms with Gasteiger partial charge in [0, 0.05) is 18.8 Å². The Morgan fingerprint density at radius 1 is 1.35 bits per heavy atom. The van der Waals surface area contributed by atoms with Crippen molar-refractivity contribution in [1.29, 1.82) is 0 Å². The molecule has 0 aliphatic rings. The maximum atomic E-state index is 12.5. The maximum absolute atomic E-state index is 12.5. The molecule has 0 saturated carbocycles. The normalized spacial score (nSPS) is 10.2. The van der Waals surface area contributed by atoms with Crippen molar-refractivity contribution in [3.8, 4) is 5.75 Å². The Labute approximate surface area is 118 Å². The summed E-state index contributed by atoms with van der Waals surface area (Å²) in [5, 5.41) is 0. The summed E-state index contributed by atoms with van der Waals surface area (Å²) in [6.45, 7) is 1.93. The number of nitrogen functional groups attached to an aromatic ring is 1. The summed E-state index contributed by atoms with van der Waals surface area (Å²) in [6.07, 6.45) is 3.13. The Bertz CT molecular complexity index is 641. The molecule has 2 rings (SSSR count). The standard InChI is InChI=1S/C15H17N3O2/c1-10-4-5-11(8-14(10)20-3)15(19)18(2)13-6-7-17-9-12(13)16/h4-9H,16H2,1-3H3. The first-order valence-corrected chi connectivity index (χ1v) is 6.16. The lowest BCUT2D eigenvalue weighted by Crippen LogP contribution is -2.27. The minimum atomic E-state index is -0.152. The summed E-state index contributed by atoms with van der Waals surface area (Å²) < 4.78 is 5.24. The van der Waals surface area contributed by atoms with Gasteiger partial charge in [-0.3, -0.25) is 9.78 Å². The van der Waals surface area contributed by atoms with E-state index in [1.807, 2.05) is 13.0 Å². The quantitative estimate of drug-likeness (QED) is 0.929. The van der Waals surface area contributed by atoms with Crippen LogP contribution in [-0.4, -0.2) is 25.0 Å². The molecule has 0 spiro atoms. The van der Waals surface area contributed by atoms with E-state index in [4.69, 9.17) is 10.5 Å². The number of nitrogens with zero attached hydrogens (tertiary/aromatic N) is 2. The lowest BCUT2D eigenvalue weighted by Gasteiger charge is -2.19. The molecular weight excluding hydrogens is 254 g/mol. The number of aromatic nitrogens is 1. The van der Waals surface area contributed by atoms with Crippen molar-refractivity contribution in [1.82, 2.24) is 4.98 Å². The molecule has 0 radical (unpaired) electrons. The third kappa shape index (κ3) is 2.56. The van der Waals surface area contributed by atoms with E-state index >= 15 is 0 Å². The van der Waals surface area contributed by atoms with Gasteiger partial charge in [-0.2, -0.15) is 0 Å². The predicted molar refractivity (Wildman–Crippen MR) is 79.1 cm³/mol. The molecule has 1 aromatic heterocycles. The minimum absolute atomic E-state index is 0.152. The Morgan fingerprint density at radius 2 is 2.10 bits per heavy atom. The second kappa shape index (κ2) is 5.61. The summed E-state index contributed by atoms with van der Waals surface area (Å²) in [7, 11) is 3.27. The number of carbonyl (C=O) groups is 1. The molecule has 0 saturated heterocycles. The number of methoxy groups -OCH3 is 1. The number of hydrogen-bond acceptors (Lipinski definition) is 4. The zero-order valence-corrected chi connectivity index (χ0v) is 11.8. The molecule has 0 aliphatic heterocycles. The molecule has 2 N–H and O–H groups in total. The Balaban J connectivity index is 2.34. The largest absolute Gasteiger partial charge is 0.496 e. The van der Waals surface area contributed by atoms with Gasteiger partial charge in [0.1, 0.15) is 5.75 Å². The summed E-state index contributed by atoms with van der Waals surface area (Å²) in [6, 6.07) is 7.06. The molecule has 0 aliphatic carbocycles. The van der Waals surface area contributed by atoms with E-state index in [0.717, 1.165) is 5.56 Å². The Kier molecular flexibility index (Phi) is 3.89. The monoisotopic (exact) mass is 271 g/mol. The average molecular weight is 271 g/mol. The lowest BCUT2D eigenvalue weighted by atomic mass is 10.1. The number of amides is 1. The fourth-order valence-electron chi connectivity index (χ4n) is 1.96. The van der Waals surface area contributed by atoms with Gasteiger partial charge < -0.3 is 15.4 Å². The summed E-state index contributed by atoms with van der Waals surface area (Å²) >= 11 is 0. The van der Waals surface area contributed by atoms with Crippen molar-refractivity contribution in [3.05, 3.63) is 47.8 Å². The maximum Gasteiger partial charge on any atom is 0.258 e. The molecule has 0 atom stereocenters. The van der Waals surface area contributed by atoms with Crippen LogP contribution in [0.25, 0.3) is 0 Å². The van der Waals surface area contributed by atoms with Crippen LogP contribution in [-0.2, 0) is 0 Å².